The molecule has 5 atom stereocenters. The van der Waals surface area contributed by atoms with Gasteiger partial charge in [0.1, 0.15) is 0 Å². The Morgan fingerprint density at radius 3 is 2.54 bits per heavy atom. The van der Waals surface area contributed by atoms with Gasteiger partial charge in [0.2, 0.25) is 0 Å². The predicted octanol–water partition coefficient (Wildman–Crippen LogP) is 5.03. The van der Waals surface area contributed by atoms with Crippen LogP contribution in [-0.4, -0.2) is 23.4 Å². The molecule has 6 heteroatoms. The lowest BCUT2D eigenvalue weighted by Gasteiger charge is -2.26. The summed E-state index contributed by atoms with van der Waals surface area (Å²) in [4.78, 5) is 10.4. The highest BCUT2D eigenvalue weighted by atomic mass is 19.4. The van der Waals surface area contributed by atoms with Crippen LogP contribution in [0.25, 0.3) is 0 Å². The largest absolute Gasteiger partial charge is 0.550 e. The summed E-state index contributed by atoms with van der Waals surface area (Å²) in [5, 5.41) is 20.7. The van der Waals surface area contributed by atoms with Crippen LogP contribution in [0.15, 0.2) is 12.2 Å². The van der Waals surface area contributed by atoms with E-state index in [1.807, 2.05) is 13.0 Å². The average molecular weight is 406 g/mol. The van der Waals surface area contributed by atoms with Crippen LogP contribution in [0.1, 0.15) is 84.5 Å². The van der Waals surface area contributed by atoms with Crippen molar-refractivity contribution < 1.29 is 28.2 Å². The van der Waals surface area contributed by atoms with Crippen LogP contribution < -0.4 is 5.11 Å². The number of carbonyl (C=O) groups excluding carboxylic acids is 1. The molecule has 0 heterocycles. The number of aliphatic hydroxyl groups is 1. The Bertz CT molecular complexity index is 476. The molecule has 1 fully saturated rings. The number of halogens is 3. The zero-order valence-corrected chi connectivity index (χ0v) is 17.2. The zero-order chi connectivity index (χ0) is 21.2. The Morgan fingerprint density at radius 1 is 1.21 bits per heavy atom. The number of unbranched alkanes of at least 4 members (excludes halogenated alkanes) is 2. The number of aliphatic hydroxyl groups excluding tert-OH is 1. The molecule has 1 saturated carbocycles. The van der Waals surface area contributed by atoms with Crippen LogP contribution in [0.4, 0.5) is 13.2 Å². The standard InChI is InChI=1S/C22H37F3O3/c1-3-4-8-16(2)20(26)14-13-17-9-7-10-18(17)15-19(22(23,24)25)11-5-6-12-21(27)28/h13-14,16-20,26H,3-12,15H2,1-2H3,(H,27,28)/p-1/b14-13+/t16?,17-,18-,19?,20?/m1/s1. The Balaban J connectivity index is 2.59. The van der Waals surface area contributed by atoms with Gasteiger partial charge in [0.05, 0.1) is 12.0 Å². The van der Waals surface area contributed by atoms with E-state index in [0.29, 0.717) is 0 Å². The Hall–Kier alpha value is -1.04. The molecular weight excluding hydrogens is 369 g/mol. The summed E-state index contributed by atoms with van der Waals surface area (Å²) in [7, 11) is 0. The first kappa shape index (κ1) is 25.0. The summed E-state index contributed by atoms with van der Waals surface area (Å²) in [5.41, 5.74) is 0. The van der Waals surface area contributed by atoms with E-state index in [1.54, 1.807) is 6.08 Å². The molecule has 0 spiro atoms. The molecule has 0 amide bonds. The van der Waals surface area contributed by atoms with Gasteiger partial charge >= 0.3 is 6.18 Å². The Kier molecular flexibility index (Phi) is 11.2. The first-order valence-electron chi connectivity index (χ1n) is 10.8. The third kappa shape index (κ3) is 9.44. The van der Waals surface area contributed by atoms with Gasteiger partial charge in [-0.05, 0) is 62.7 Å². The minimum absolute atomic E-state index is 0.0258. The number of carboxylic acids is 1. The fourth-order valence-electron chi connectivity index (χ4n) is 4.20. The maximum atomic E-state index is 13.4. The van der Waals surface area contributed by atoms with Gasteiger partial charge in [0.15, 0.2) is 0 Å². The summed E-state index contributed by atoms with van der Waals surface area (Å²) in [6.45, 7) is 4.11. The molecule has 28 heavy (non-hydrogen) atoms. The van der Waals surface area contributed by atoms with Crippen molar-refractivity contribution >= 4 is 5.97 Å². The van der Waals surface area contributed by atoms with Crippen LogP contribution in [0, 0.1) is 23.7 Å². The minimum atomic E-state index is -4.26. The van der Waals surface area contributed by atoms with Crippen LogP contribution >= 0.6 is 0 Å². The van der Waals surface area contributed by atoms with Crippen molar-refractivity contribution in [2.45, 2.75) is 96.8 Å². The van der Waals surface area contributed by atoms with Gasteiger partial charge < -0.3 is 15.0 Å². The number of rotatable bonds is 13. The Labute approximate surface area is 167 Å². The molecule has 1 rings (SSSR count). The molecule has 0 bridgehead atoms. The third-order valence-electron chi connectivity index (χ3n) is 6.10. The average Bonchev–Trinajstić information content (AvgIpc) is 3.06. The Morgan fingerprint density at radius 2 is 1.93 bits per heavy atom. The molecular formula is C22H36F3O3-. The van der Waals surface area contributed by atoms with Crippen molar-refractivity contribution in [3.63, 3.8) is 0 Å². The van der Waals surface area contributed by atoms with Crippen LogP contribution in [0.3, 0.4) is 0 Å². The fourth-order valence-corrected chi connectivity index (χ4v) is 4.20. The number of carboxylic acid groups (broad SMARTS) is 1. The number of carbonyl (C=O) groups is 1. The lowest BCUT2D eigenvalue weighted by molar-refractivity contribution is -0.305. The van der Waals surface area contributed by atoms with E-state index in [4.69, 9.17) is 0 Å². The molecule has 1 N–H and O–H groups in total. The maximum Gasteiger partial charge on any atom is 0.391 e. The second-order valence-corrected chi connectivity index (χ2v) is 8.44. The number of hydrogen-bond donors (Lipinski definition) is 1. The highest BCUT2D eigenvalue weighted by molar-refractivity contribution is 5.64. The van der Waals surface area contributed by atoms with Gasteiger partial charge in [0, 0.05) is 5.97 Å². The van der Waals surface area contributed by atoms with Crippen LogP contribution in [-0.2, 0) is 4.79 Å². The monoisotopic (exact) mass is 405 g/mol. The molecule has 1 aliphatic rings. The highest BCUT2D eigenvalue weighted by Gasteiger charge is 2.41. The van der Waals surface area contributed by atoms with E-state index in [2.05, 4.69) is 6.92 Å². The number of hydrogen-bond acceptors (Lipinski definition) is 3. The fraction of sp³-hybridized carbons (Fsp3) is 0.864. The quantitative estimate of drug-likeness (QED) is 0.345. The lowest BCUT2D eigenvalue weighted by atomic mass is 9.83. The van der Waals surface area contributed by atoms with E-state index in [-0.39, 0.29) is 49.9 Å². The van der Waals surface area contributed by atoms with Gasteiger partial charge in [-0.2, -0.15) is 13.2 Å². The second kappa shape index (κ2) is 12.5. The van der Waals surface area contributed by atoms with Crippen molar-refractivity contribution in [1.29, 1.82) is 0 Å². The van der Waals surface area contributed by atoms with Crippen LogP contribution in [0.5, 0.6) is 0 Å². The van der Waals surface area contributed by atoms with Crippen molar-refractivity contribution in [2.24, 2.45) is 23.7 Å². The first-order chi connectivity index (χ1) is 13.1. The van der Waals surface area contributed by atoms with E-state index in [0.717, 1.165) is 38.5 Å². The lowest BCUT2D eigenvalue weighted by Crippen LogP contribution is -2.27. The molecule has 0 radical (unpaired) electrons. The van der Waals surface area contributed by atoms with E-state index >= 15 is 0 Å². The van der Waals surface area contributed by atoms with Crippen molar-refractivity contribution in [1.82, 2.24) is 0 Å². The summed E-state index contributed by atoms with van der Waals surface area (Å²) in [6.07, 6.45) is 4.91. The molecule has 164 valence electrons. The van der Waals surface area contributed by atoms with Crippen molar-refractivity contribution in [3.8, 4) is 0 Å². The molecule has 3 nitrogen and oxygen atoms in total. The van der Waals surface area contributed by atoms with Crippen LogP contribution in [0.2, 0.25) is 0 Å². The molecule has 0 aromatic rings. The topological polar surface area (TPSA) is 60.4 Å². The molecule has 0 aliphatic heterocycles. The van der Waals surface area contributed by atoms with E-state index in [1.165, 1.54) is 0 Å². The van der Waals surface area contributed by atoms with Gasteiger partial charge in [0.25, 0.3) is 0 Å². The van der Waals surface area contributed by atoms with E-state index in [9.17, 15) is 28.2 Å². The highest BCUT2D eigenvalue weighted by Crippen LogP contribution is 2.43. The zero-order valence-electron chi connectivity index (χ0n) is 17.2. The molecule has 0 aromatic carbocycles. The minimum Gasteiger partial charge on any atom is -0.550 e. The molecule has 1 aliphatic carbocycles. The predicted molar refractivity (Wildman–Crippen MR) is 102 cm³/mol. The first-order valence-corrected chi connectivity index (χ1v) is 10.8. The van der Waals surface area contributed by atoms with Crippen molar-refractivity contribution in [3.05, 3.63) is 12.2 Å². The normalized spacial score (nSPS) is 23.8. The van der Waals surface area contributed by atoms with Gasteiger partial charge in [-0.1, -0.05) is 51.7 Å². The summed E-state index contributed by atoms with van der Waals surface area (Å²) >= 11 is 0. The van der Waals surface area contributed by atoms with Gasteiger partial charge in [-0.3, -0.25) is 0 Å². The maximum absolute atomic E-state index is 13.4. The van der Waals surface area contributed by atoms with Gasteiger partial charge in [-0.25, -0.2) is 0 Å². The number of alkyl halides is 3. The molecule has 0 aromatic heterocycles. The summed E-state index contributed by atoms with van der Waals surface area (Å²) in [5.74, 6) is -2.39. The second-order valence-electron chi connectivity index (χ2n) is 8.44. The summed E-state index contributed by atoms with van der Waals surface area (Å²) < 4.78 is 40.3. The van der Waals surface area contributed by atoms with Gasteiger partial charge in [-0.15, -0.1) is 0 Å². The summed E-state index contributed by atoms with van der Waals surface area (Å²) in [6, 6.07) is 0. The molecule has 0 saturated heterocycles. The number of aliphatic carboxylic acids is 1. The third-order valence-corrected chi connectivity index (χ3v) is 6.10. The van der Waals surface area contributed by atoms with E-state index < -0.39 is 24.2 Å². The smallest absolute Gasteiger partial charge is 0.391 e. The molecule has 3 unspecified atom stereocenters. The number of allylic oxidation sites excluding steroid dienone is 1. The van der Waals surface area contributed by atoms with Crippen molar-refractivity contribution in [2.75, 3.05) is 0 Å². The SMILES string of the molecule is CCCCC(C)C(O)/C=C/[C@H]1CCC[C@@H]1CC(CCCCC(=O)[O-])C(F)(F)F.